The van der Waals surface area contributed by atoms with E-state index in [-0.39, 0.29) is 17.6 Å². The van der Waals surface area contributed by atoms with E-state index in [2.05, 4.69) is 39.2 Å². The van der Waals surface area contributed by atoms with Crippen molar-refractivity contribution in [1.82, 2.24) is 19.8 Å². The topological polar surface area (TPSA) is 73.5 Å². The van der Waals surface area contributed by atoms with Crippen molar-refractivity contribution in [2.45, 2.75) is 12.8 Å². The number of aromatic amines is 1. The number of pyridine rings is 1. The van der Waals surface area contributed by atoms with Gasteiger partial charge in [-0.2, -0.15) is 0 Å². The number of nitrogens with zero attached hydrogens (tertiary/aromatic N) is 3. The molecular formula is C24H30FN5O2. The van der Waals surface area contributed by atoms with Crippen LogP contribution in [0.4, 0.5) is 10.2 Å². The molecule has 7 nitrogen and oxygen atoms in total. The molecule has 1 saturated heterocycles. The van der Waals surface area contributed by atoms with Gasteiger partial charge in [-0.3, -0.25) is 4.79 Å². The summed E-state index contributed by atoms with van der Waals surface area (Å²) in [5.41, 5.74) is 1.65. The zero-order chi connectivity index (χ0) is 22.7. The summed E-state index contributed by atoms with van der Waals surface area (Å²) in [6.07, 6.45) is 3.58. The molecule has 0 unspecified atom stereocenters. The molecule has 8 heteroatoms. The van der Waals surface area contributed by atoms with Crippen LogP contribution >= 0.6 is 0 Å². The molecule has 1 aromatic carbocycles. The lowest BCUT2D eigenvalue weighted by Gasteiger charge is -2.28. The zero-order valence-electron chi connectivity index (χ0n) is 18.8. The second-order valence-corrected chi connectivity index (χ2v) is 8.48. The van der Waals surface area contributed by atoms with Gasteiger partial charge in [-0.15, -0.1) is 0 Å². The summed E-state index contributed by atoms with van der Waals surface area (Å²) in [5.74, 6) is 0.713. The van der Waals surface area contributed by atoms with E-state index in [9.17, 15) is 9.18 Å². The van der Waals surface area contributed by atoms with Gasteiger partial charge in [-0.25, -0.2) is 9.37 Å². The van der Waals surface area contributed by atoms with Gasteiger partial charge >= 0.3 is 0 Å². The molecule has 1 amide bonds. The van der Waals surface area contributed by atoms with Gasteiger partial charge in [0.2, 0.25) is 5.91 Å². The number of hydrogen-bond acceptors (Lipinski definition) is 5. The highest BCUT2D eigenvalue weighted by Gasteiger charge is 2.29. The van der Waals surface area contributed by atoms with Crippen molar-refractivity contribution in [3.63, 3.8) is 0 Å². The second-order valence-electron chi connectivity index (χ2n) is 8.48. The number of carbonyl (C=O) groups excluding carboxylic acids is 1. The molecular weight excluding hydrogens is 409 g/mol. The van der Waals surface area contributed by atoms with Crippen molar-refractivity contribution in [3.8, 4) is 16.9 Å². The Balaban J connectivity index is 0.000000260. The van der Waals surface area contributed by atoms with E-state index in [1.165, 1.54) is 39.4 Å². The van der Waals surface area contributed by atoms with Gasteiger partial charge in [0.25, 0.3) is 0 Å². The number of piperazine rings is 1. The number of fused-ring (bicyclic) bond motifs is 1. The number of carbonyl (C=O) groups is 1. The van der Waals surface area contributed by atoms with Gasteiger partial charge in [-0.1, -0.05) is 6.07 Å². The van der Waals surface area contributed by atoms with Crippen molar-refractivity contribution in [2.75, 3.05) is 52.7 Å². The number of aromatic nitrogens is 2. The van der Waals surface area contributed by atoms with Crippen molar-refractivity contribution < 1.29 is 13.9 Å². The lowest BCUT2D eigenvalue weighted by molar-refractivity contribution is -0.117. The molecule has 1 aliphatic carbocycles. The first-order valence-electron chi connectivity index (χ1n) is 10.9. The number of halogens is 1. The lowest BCUT2D eigenvalue weighted by atomic mass is 10.0. The molecule has 0 radical (unpaired) electrons. The molecule has 3 aromatic rings. The number of amides is 1. The van der Waals surface area contributed by atoms with Crippen LogP contribution in [0.3, 0.4) is 0 Å². The Hall–Kier alpha value is -2.97. The Labute approximate surface area is 187 Å². The Morgan fingerprint density at radius 3 is 2.44 bits per heavy atom. The first kappa shape index (κ1) is 22.2. The quantitative estimate of drug-likeness (QED) is 0.650. The van der Waals surface area contributed by atoms with Gasteiger partial charge in [0.05, 0.1) is 12.7 Å². The smallest absolute Gasteiger partial charge is 0.228 e. The third kappa shape index (κ3) is 5.08. The van der Waals surface area contributed by atoms with E-state index >= 15 is 0 Å². The summed E-state index contributed by atoms with van der Waals surface area (Å²) in [5, 5.41) is 3.58. The standard InChI is InChI=1S/C18H16FN3O2.C6H14N2/c1-24-14-4-2-3-13(19)16(14)12-9-20-17-11(12)7-8-15(21-17)22-18(23)10-5-6-10;1-7-3-5-8(2)6-4-7/h2-4,7-10H,5-6H2,1H3,(H2,20,21,22,23);3-6H2,1-2H3. The molecule has 1 saturated carbocycles. The van der Waals surface area contributed by atoms with E-state index in [0.29, 0.717) is 28.3 Å². The Morgan fingerprint density at radius 1 is 1.12 bits per heavy atom. The molecule has 32 heavy (non-hydrogen) atoms. The molecule has 0 bridgehead atoms. The van der Waals surface area contributed by atoms with Crippen LogP contribution in [0.2, 0.25) is 0 Å². The molecule has 2 N–H and O–H groups in total. The molecule has 2 aliphatic rings. The molecule has 3 heterocycles. The van der Waals surface area contributed by atoms with Crippen molar-refractivity contribution in [2.24, 2.45) is 5.92 Å². The van der Waals surface area contributed by atoms with Crippen LogP contribution in [0.5, 0.6) is 5.75 Å². The SMILES string of the molecule is CN1CCN(C)CC1.COc1cccc(F)c1-c1c[nH]c2nc(NC(=O)C3CC3)ccc12. The average molecular weight is 440 g/mol. The van der Waals surface area contributed by atoms with Crippen LogP contribution in [0, 0.1) is 11.7 Å². The summed E-state index contributed by atoms with van der Waals surface area (Å²) in [7, 11) is 5.86. The Bertz CT molecular complexity index is 1080. The van der Waals surface area contributed by atoms with Crippen LogP contribution in [-0.4, -0.2) is 73.1 Å². The van der Waals surface area contributed by atoms with Crippen LogP contribution < -0.4 is 10.1 Å². The number of benzene rings is 1. The fourth-order valence-corrected chi connectivity index (χ4v) is 3.70. The number of anilines is 1. The minimum absolute atomic E-state index is 0.00408. The normalized spacial score (nSPS) is 17.0. The third-order valence-electron chi connectivity index (χ3n) is 5.93. The van der Waals surface area contributed by atoms with Crippen LogP contribution in [0.15, 0.2) is 36.5 Å². The van der Waals surface area contributed by atoms with E-state index < -0.39 is 0 Å². The highest BCUT2D eigenvalue weighted by Crippen LogP contribution is 2.37. The maximum Gasteiger partial charge on any atom is 0.228 e. The van der Waals surface area contributed by atoms with Gasteiger partial charge in [0.1, 0.15) is 23.0 Å². The van der Waals surface area contributed by atoms with Crippen LogP contribution in [-0.2, 0) is 4.79 Å². The first-order valence-corrected chi connectivity index (χ1v) is 10.9. The molecule has 170 valence electrons. The first-order chi connectivity index (χ1) is 15.5. The summed E-state index contributed by atoms with van der Waals surface area (Å²) in [6, 6.07) is 8.27. The number of likely N-dealkylation sites (N-methyl/N-ethyl adjacent to an activating group) is 2. The zero-order valence-corrected chi connectivity index (χ0v) is 18.8. The highest BCUT2D eigenvalue weighted by atomic mass is 19.1. The summed E-state index contributed by atoms with van der Waals surface area (Å²) in [6.45, 7) is 4.93. The van der Waals surface area contributed by atoms with E-state index in [1.807, 2.05) is 6.07 Å². The van der Waals surface area contributed by atoms with E-state index in [0.717, 1.165) is 18.2 Å². The molecule has 1 aliphatic heterocycles. The molecule has 2 fully saturated rings. The predicted octanol–water partition coefficient (Wildman–Crippen LogP) is 3.59. The van der Waals surface area contributed by atoms with E-state index in [1.54, 1.807) is 24.4 Å². The minimum Gasteiger partial charge on any atom is -0.496 e. The Kier molecular flexibility index (Phi) is 6.72. The maximum absolute atomic E-state index is 14.3. The highest BCUT2D eigenvalue weighted by molar-refractivity contribution is 5.98. The van der Waals surface area contributed by atoms with Gasteiger partial charge < -0.3 is 24.8 Å². The number of H-pyrrole nitrogens is 1. The minimum atomic E-state index is -0.360. The fraction of sp³-hybridized carbons (Fsp3) is 0.417. The van der Waals surface area contributed by atoms with Crippen molar-refractivity contribution >= 4 is 22.8 Å². The predicted molar refractivity (Wildman–Crippen MR) is 124 cm³/mol. The maximum atomic E-state index is 14.3. The molecule has 5 rings (SSSR count). The number of hydrogen-bond donors (Lipinski definition) is 2. The average Bonchev–Trinajstić information content (AvgIpc) is 3.57. The third-order valence-corrected chi connectivity index (χ3v) is 5.93. The molecule has 0 spiro atoms. The monoisotopic (exact) mass is 439 g/mol. The van der Waals surface area contributed by atoms with Gasteiger partial charge in [-0.05, 0) is 51.2 Å². The van der Waals surface area contributed by atoms with Crippen molar-refractivity contribution in [3.05, 3.63) is 42.3 Å². The molecule has 0 atom stereocenters. The number of rotatable bonds is 4. The lowest BCUT2D eigenvalue weighted by Crippen LogP contribution is -2.42. The largest absolute Gasteiger partial charge is 0.496 e. The molecule has 2 aromatic heterocycles. The number of ether oxygens (including phenoxy) is 1. The van der Waals surface area contributed by atoms with E-state index in [4.69, 9.17) is 4.74 Å². The summed E-state index contributed by atoms with van der Waals surface area (Å²) < 4.78 is 19.6. The van der Waals surface area contributed by atoms with Crippen LogP contribution in [0.1, 0.15) is 12.8 Å². The Morgan fingerprint density at radius 2 is 1.81 bits per heavy atom. The number of methoxy groups -OCH3 is 1. The number of nitrogens with one attached hydrogen (secondary N) is 2. The van der Waals surface area contributed by atoms with Gasteiger partial charge in [0, 0.05) is 49.2 Å². The van der Waals surface area contributed by atoms with Crippen molar-refractivity contribution in [1.29, 1.82) is 0 Å². The fourth-order valence-electron chi connectivity index (χ4n) is 3.70. The van der Waals surface area contributed by atoms with Gasteiger partial charge in [0.15, 0.2) is 0 Å². The van der Waals surface area contributed by atoms with Crippen LogP contribution in [0.25, 0.3) is 22.2 Å². The second kappa shape index (κ2) is 9.67. The summed E-state index contributed by atoms with van der Waals surface area (Å²) in [4.78, 5) is 24.0. The summed E-state index contributed by atoms with van der Waals surface area (Å²) >= 11 is 0.